The lowest BCUT2D eigenvalue weighted by atomic mass is 10.1. The van der Waals surface area contributed by atoms with E-state index in [1.807, 2.05) is 39.0 Å². The summed E-state index contributed by atoms with van der Waals surface area (Å²) in [5, 5.41) is 13.5. The van der Waals surface area contributed by atoms with Crippen LogP contribution in [0.1, 0.15) is 49.3 Å². The summed E-state index contributed by atoms with van der Waals surface area (Å²) in [7, 11) is 3.22. The molecular formula is C31H34ClN7O6S. The summed E-state index contributed by atoms with van der Waals surface area (Å²) in [4.78, 5) is 33.2. The second kappa shape index (κ2) is 13.3. The van der Waals surface area contributed by atoms with Gasteiger partial charge in [0.2, 0.25) is 0 Å². The van der Waals surface area contributed by atoms with Crippen molar-refractivity contribution in [1.29, 1.82) is 0 Å². The van der Waals surface area contributed by atoms with Gasteiger partial charge in [-0.05, 0) is 57.5 Å². The Morgan fingerprint density at radius 2 is 1.76 bits per heavy atom. The largest absolute Gasteiger partial charge is 0.493 e. The molecular weight excluding hydrogens is 634 g/mol. The summed E-state index contributed by atoms with van der Waals surface area (Å²) in [6.45, 7) is 8.12. The Hall–Kier alpha value is -4.69. The Morgan fingerprint density at radius 1 is 1.02 bits per heavy atom. The van der Waals surface area contributed by atoms with E-state index in [9.17, 15) is 18.0 Å². The highest BCUT2D eigenvalue weighted by atomic mass is 35.7. The molecule has 2 aromatic heterocycles. The van der Waals surface area contributed by atoms with Gasteiger partial charge >= 0.3 is 0 Å². The quantitative estimate of drug-likeness (QED) is 0.137. The molecule has 5 rings (SSSR count). The topological polar surface area (TPSA) is 160 Å². The molecule has 0 radical (unpaired) electrons. The highest BCUT2D eigenvalue weighted by molar-refractivity contribution is 8.13. The number of aromatic amines is 1. The van der Waals surface area contributed by atoms with Gasteiger partial charge in [-0.2, -0.15) is 5.10 Å². The Bertz CT molecular complexity index is 2050. The number of benzene rings is 2. The first kappa shape index (κ1) is 32.7. The lowest BCUT2D eigenvalue weighted by molar-refractivity contribution is -0.118. The van der Waals surface area contributed by atoms with Crippen LogP contribution >= 0.6 is 10.7 Å². The summed E-state index contributed by atoms with van der Waals surface area (Å²) in [5.74, 6) is 1.59. The van der Waals surface area contributed by atoms with Crippen molar-refractivity contribution in [3.8, 4) is 22.9 Å². The second-order valence-corrected chi connectivity index (χ2v) is 13.2. The van der Waals surface area contributed by atoms with Crippen LogP contribution in [0.15, 0.2) is 63.0 Å². The number of halogens is 1. The third-order valence-electron chi connectivity index (χ3n) is 7.17. The SMILES string of the molecule is CCCc1nc(C)c2c(=O)[nH]c(-c3cc(S(=O)(=O)Cl)ccc3OCCC=C3C(=O)NC(c4cc(C)ccc4OCC)=NN3C)nn12. The molecule has 1 amide bonds. The number of fused-ring (bicyclic) bond motifs is 1. The van der Waals surface area contributed by atoms with Crippen LogP contribution in [0.25, 0.3) is 16.9 Å². The Kier molecular flexibility index (Phi) is 9.49. The number of rotatable bonds is 11. The molecule has 0 atom stereocenters. The first-order valence-corrected chi connectivity index (χ1v) is 17.0. The molecule has 2 aromatic carbocycles. The summed E-state index contributed by atoms with van der Waals surface area (Å²) >= 11 is 0. The first-order chi connectivity index (χ1) is 21.9. The summed E-state index contributed by atoms with van der Waals surface area (Å²) in [6, 6.07) is 9.72. The molecule has 0 fully saturated rings. The van der Waals surface area contributed by atoms with Crippen molar-refractivity contribution >= 4 is 37.0 Å². The second-order valence-electron chi connectivity index (χ2n) is 10.6. The number of aromatic nitrogens is 4. The van der Waals surface area contributed by atoms with Crippen LogP contribution in [0.2, 0.25) is 0 Å². The minimum atomic E-state index is -4.10. The molecule has 1 aliphatic rings. The van der Waals surface area contributed by atoms with Gasteiger partial charge in [0.15, 0.2) is 17.2 Å². The number of hydrogen-bond donors (Lipinski definition) is 2. The zero-order chi connectivity index (χ0) is 33.2. The van der Waals surface area contributed by atoms with Crippen molar-refractivity contribution in [2.24, 2.45) is 5.10 Å². The van der Waals surface area contributed by atoms with Gasteiger partial charge in [-0.25, -0.2) is 17.9 Å². The number of carbonyl (C=O) groups is 1. The number of nitrogens with one attached hydrogen (secondary N) is 2. The standard InChI is InChI=1S/C31H34ClN7O6S/c1-6-9-26-33-19(4)27-31(41)35-29(37-39(26)27)22-17-20(46(32,42)43)12-14-25(22)45-15-8-10-23-30(40)34-28(36-38(23)5)21-16-18(3)11-13-24(21)44-7-2/h10-14,16-17H,6-9,15H2,1-5H3,(H,34,36,40)(H,35,37,41). The molecule has 13 nitrogen and oxygen atoms in total. The van der Waals surface area contributed by atoms with E-state index in [1.54, 1.807) is 20.0 Å². The predicted octanol–water partition coefficient (Wildman–Crippen LogP) is 4.06. The first-order valence-electron chi connectivity index (χ1n) is 14.7. The highest BCUT2D eigenvalue weighted by Crippen LogP contribution is 2.32. The lowest BCUT2D eigenvalue weighted by Crippen LogP contribution is -2.42. The lowest BCUT2D eigenvalue weighted by Gasteiger charge is -2.25. The van der Waals surface area contributed by atoms with E-state index in [0.29, 0.717) is 59.3 Å². The fourth-order valence-electron chi connectivity index (χ4n) is 5.08. The number of carbonyl (C=O) groups excluding carboxylic acids is 1. The van der Waals surface area contributed by atoms with Gasteiger partial charge in [0.05, 0.1) is 34.9 Å². The zero-order valence-corrected chi connectivity index (χ0v) is 27.6. The predicted molar refractivity (Wildman–Crippen MR) is 174 cm³/mol. The van der Waals surface area contributed by atoms with E-state index < -0.39 is 14.6 Å². The number of ether oxygens (including phenoxy) is 2. The van der Waals surface area contributed by atoms with Crippen molar-refractivity contribution in [1.82, 2.24) is 29.9 Å². The molecule has 0 aliphatic carbocycles. The number of amides is 1. The number of imidazole rings is 1. The normalized spacial score (nSPS) is 14.5. The summed E-state index contributed by atoms with van der Waals surface area (Å²) in [5.41, 5.74) is 2.61. The van der Waals surface area contributed by atoms with Crippen LogP contribution < -0.4 is 20.3 Å². The highest BCUT2D eigenvalue weighted by Gasteiger charge is 2.25. The van der Waals surface area contributed by atoms with E-state index in [4.69, 9.17) is 20.2 Å². The van der Waals surface area contributed by atoms with Crippen LogP contribution in [0.5, 0.6) is 11.5 Å². The number of amidine groups is 1. The van der Waals surface area contributed by atoms with E-state index >= 15 is 0 Å². The molecule has 0 saturated carbocycles. The van der Waals surface area contributed by atoms with Gasteiger partial charge in [0.25, 0.3) is 20.5 Å². The number of likely N-dealkylation sites (N-methyl/N-ethyl adjacent to an activating group) is 1. The Balaban J connectivity index is 1.41. The maximum atomic E-state index is 13.1. The molecule has 4 aromatic rings. The van der Waals surface area contributed by atoms with Gasteiger partial charge in [-0.1, -0.05) is 24.6 Å². The molecule has 46 heavy (non-hydrogen) atoms. The fraction of sp³-hybridized carbons (Fsp3) is 0.323. The van der Waals surface area contributed by atoms with E-state index in [2.05, 4.69) is 25.5 Å². The minimum Gasteiger partial charge on any atom is -0.493 e. The average Bonchev–Trinajstić information content (AvgIpc) is 3.32. The molecule has 0 unspecified atom stereocenters. The van der Waals surface area contributed by atoms with Crippen molar-refractivity contribution in [3.05, 3.63) is 81.2 Å². The van der Waals surface area contributed by atoms with Crippen LogP contribution in [0.4, 0.5) is 0 Å². The third-order valence-corrected chi connectivity index (χ3v) is 8.52. The molecule has 0 saturated heterocycles. The number of hydrogen-bond acceptors (Lipinski definition) is 10. The van der Waals surface area contributed by atoms with E-state index in [-0.39, 0.29) is 34.5 Å². The van der Waals surface area contributed by atoms with Gasteiger partial charge in [0, 0.05) is 30.6 Å². The third kappa shape index (κ3) is 6.77. The zero-order valence-electron chi connectivity index (χ0n) is 26.0. The summed E-state index contributed by atoms with van der Waals surface area (Å²) in [6.07, 6.45) is 3.35. The number of aryl methyl sites for hydroxylation is 3. The fourth-order valence-corrected chi connectivity index (χ4v) is 5.86. The minimum absolute atomic E-state index is 0.0820. The average molecular weight is 668 g/mol. The molecule has 0 bridgehead atoms. The molecule has 0 spiro atoms. The van der Waals surface area contributed by atoms with E-state index in [0.717, 1.165) is 12.0 Å². The summed E-state index contributed by atoms with van der Waals surface area (Å²) < 4.78 is 37.6. The van der Waals surface area contributed by atoms with Gasteiger partial charge in [-0.3, -0.25) is 14.6 Å². The monoisotopic (exact) mass is 667 g/mol. The maximum absolute atomic E-state index is 13.1. The smallest absolute Gasteiger partial charge is 0.277 e. The number of hydrazone groups is 1. The van der Waals surface area contributed by atoms with Crippen LogP contribution in [0, 0.1) is 13.8 Å². The van der Waals surface area contributed by atoms with Gasteiger partial charge in [-0.15, -0.1) is 5.10 Å². The number of H-pyrrole nitrogens is 1. The molecule has 2 N–H and O–H groups in total. The number of nitrogens with zero attached hydrogens (tertiary/aromatic N) is 5. The molecule has 242 valence electrons. The van der Waals surface area contributed by atoms with Crippen LogP contribution in [-0.2, 0) is 20.3 Å². The van der Waals surface area contributed by atoms with Crippen LogP contribution in [0.3, 0.4) is 0 Å². The Labute approximate surface area is 270 Å². The van der Waals surface area contributed by atoms with E-state index in [1.165, 1.54) is 27.7 Å². The molecule has 15 heteroatoms. The van der Waals surface area contributed by atoms with Crippen molar-refractivity contribution in [3.63, 3.8) is 0 Å². The van der Waals surface area contributed by atoms with Gasteiger partial charge in [0.1, 0.15) is 23.0 Å². The molecule has 3 heterocycles. The van der Waals surface area contributed by atoms with Crippen LogP contribution in [-0.4, -0.2) is 65.0 Å². The van der Waals surface area contributed by atoms with Crippen molar-refractivity contribution in [2.75, 3.05) is 20.3 Å². The van der Waals surface area contributed by atoms with Crippen molar-refractivity contribution in [2.45, 2.75) is 51.9 Å². The molecule has 1 aliphatic heterocycles. The van der Waals surface area contributed by atoms with Gasteiger partial charge < -0.3 is 19.8 Å². The maximum Gasteiger partial charge on any atom is 0.277 e. The Morgan fingerprint density at radius 3 is 2.46 bits per heavy atom. The van der Waals surface area contributed by atoms with Crippen molar-refractivity contribution < 1.29 is 22.7 Å².